The molecule has 1 fully saturated rings. The Morgan fingerprint density at radius 2 is 1.70 bits per heavy atom. The molecule has 2 N–H and O–H groups in total. The molecule has 142 valence electrons. The highest BCUT2D eigenvalue weighted by molar-refractivity contribution is 7.92. The fourth-order valence-corrected chi connectivity index (χ4v) is 4.32. The first-order valence-electron chi connectivity index (χ1n) is 8.80. The Morgan fingerprint density at radius 1 is 1.04 bits per heavy atom. The molecule has 0 atom stereocenters. The summed E-state index contributed by atoms with van der Waals surface area (Å²) < 4.78 is 27.4. The van der Waals surface area contributed by atoms with Crippen LogP contribution in [0.15, 0.2) is 59.5 Å². The van der Waals surface area contributed by atoms with Crippen LogP contribution in [0.25, 0.3) is 6.08 Å². The first-order chi connectivity index (χ1) is 12.9. The van der Waals surface area contributed by atoms with Crippen molar-refractivity contribution >= 4 is 39.3 Å². The number of carbonyl (C=O) groups excluding carboxylic acids is 1. The maximum Gasteiger partial charge on any atom is 0.261 e. The minimum absolute atomic E-state index is 0.120. The van der Waals surface area contributed by atoms with Crippen molar-refractivity contribution in [2.45, 2.75) is 36.6 Å². The first-order valence-corrected chi connectivity index (χ1v) is 10.7. The zero-order valence-electron chi connectivity index (χ0n) is 14.7. The van der Waals surface area contributed by atoms with Gasteiger partial charge in [0.05, 0.1) is 15.6 Å². The van der Waals surface area contributed by atoms with Crippen LogP contribution in [-0.4, -0.2) is 20.4 Å². The molecular weight excluding hydrogens is 384 g/mol. The molecule has 2 aromatic rings. The van der Waals surface area contributed by atoms with Gasteiger partial charge in [-0.3, -0.25) is 9.52 Å². The van der Waals surface area contributed by atoms with Gasteiger partial charge in [-0.25, -0.2) is 8.42 Å². The normalized spacial score (nSPS) is 15.1. The van der Waals surface area contributed by atoms with Crippen LogP contribution in [-0.2, 0) is 14.8 Å². The Hall–Kier alpha value is -2.31. The number of anilines is 1. The lowest BCUT2D eigenvalue weighted by atomic mass is 10.2. The van der Waals surface area contributed by atoms with Gasteiger partial charge in [0.1, 0.15) is 0 Å². The van der Waals surface area contributed by atoms with E-state index < -0.39 is 10.0 Å². The fraction of sp³-hybridized carbons (Fsp3) is 0.250. The van der Waals surface area contributed by atoms with Gasteiger partial charge in [0.25, 0.3) is 10.0 Å². The predicted octanol–water partition coefficient (Wildman–Crippen LogP) is 4.21. The summed E-state index contributed by atoms with van der Waals surface area (Å²) in [6, 6.07) is 13.2. The van der Waals surface area contributed by atoms with E-state index in [1.807, 2.05) is 0 Å². The van der Waals surface area contributed by atoms with Gasteiger partial charge in [-0.15, -0.1) is 0 Å². The Bertz CT molecular complexity index is 934. The predicted molar refractivity (Wildman–Crippen MR) is 108 cm³/mol. The highest BCUT2D eigenvalue weighted by atomic mass is 35.5. The summed E-state index contributed by atoms with van der Waals surface area (Å²) in [7, 11) is -3.74. The van der Waals surface area contributed by atoms with Crippen LogP contribution in [0.3, 0.4) is 0 Å². The van der Waals surface area contributed by atoms with Crippen LogP contribution in [0.2, 0.25) is 5.02 Å². The number of halogens is 1. The van der Waals surface area contributed by atoms with E-state index in [9.17, 15) is 13.2 Å². The second-order valence-electron chi connectivity index (χ2n) is 6.48. The second-order valence-corrected chi connectivity index (χ2v) is 8.57. The van der Waals surface area contributed by atoms with Crippen molar-refractivity contribution in [1.29, 1.82) is 0 Å². The molecule has 0 saturated heterocycles. The quantitative estimate of drug-likeness (QED) is 0.708. The molecule has 0 aromatic heterocycles. The van der Waals surface area contributed by atoms with Gasteiger partial charge in [-0.1, -0.05) is 48.7 Å². The van der Waals surface area contributed by atoms with E-state index in [4.69, 9.17) is 11.6 Å². The lowest BCUT2D eigenvalue weighted by molar-refractivity contribution is -0.117. The van der Waals surface area contributed by atoms with E-state index in [2.05, 4.69) is 10.0 Å². The number of nitrogens with one attached hydrogen (secondary N) is 2. The molecule has 3 rings (SSSR count). The van der Waals surface area contributed by atoms with Crippen molar-refractivity contribution < 1.29 is 13.2 Å². The molecule has 0 unspecified atom stereocenters. The zero-order valence-corrected chi connectivity index (χ0v) is 16.3. The van der Waals surface area contributed by atoms with Crippen LogP contribution in [0.1, 0.15) is 31.2 Å². The van der Waals surface area contributed by atoms with Crippen LogP contribution in [0.5, 0.6) is 0 Å². The summed E-state index contributed by atoms with van der Waals surface area (Å²) in [5.41, 5.74) is 1.07. The molecule has 1 aliphatic rings. The Balaban J connectivity index is 1.64. The summed E-state index contributed by atoms with van der Waals surface area (Å²) in [5, 5.41) is 3.30. The van der Waals surface area contributed by atoms with Gasteiger partial charge in [0, 0.05) is 12.1 Å². The highest BCUT2D eigenvalue weighted by Crippen LogP contribution is 2.24. The van der Waals surface area contributed by atoms with Crippen LogP contribution < -0.4 is 10.0 Å². The van der Waals surface area contributed by atoms with Crippen molar-refractivity contribution in [2.24, 2.45) is 0 Å². The van der Waals surface area contributed by atoms with Gasteiger partial charge in [0.15, 0.2) is 0 Å². The molecule has 5 nitrogen and oxygen atoms in total. The number of hydrogen-bond donors (Lipinski definition) is 2. The summed E-state index contributed by atoms with van der Waals surface area (Å²) >= 11 is 6.00. The van der Waals surface area contributed by atoms with Crippen molar-refractivity contribution in [1.82, 2.24) is 5.32 Å². The highest BCUT2D eigenvalue weighted by Gasteiger charge is 2.16. The van der Waals surface area contributed by atoms with Crippen molar-refractivity contribution in [3.8, 4) is 0 Å². The first kappa shape index (κ1) is 19.5. The molecule has 0 heterocycles. The molecule has 7 heteroatoms. The second kappa shape index (κ2) is 8.59. The average molecular weight is 405 g/mol. The van der Waals surface area contributed by atoms with Gasteiger partial charge < -0.3 is 5.32 Å². The summed E-state index contributed by atoms with van der Waals surface area (Å²) in [5.74, 6) is -0.126. The Morgan fingerprint density at radius 3 is 2.37 bits per heavy atom. The molecule has 1 aliphatic carbocycles. The number of benzene rings is 2. The summed E-state index contributed by atoms with van der Waals surface area (Å²) in [6.07, 6.45) is 7.53. The number of carbonyl (C=O) groups is 1. The SMILES string of the molecule is O=C(/C=C/c1ccc(S(=O)(=O)Nc2ccccc2Cl)cc1)NC1CCCC1. The average Bonchev–Trinajstić information content (AvgIpc) is 3.15. The van der Waals surface area contributed by atoms with Crippen molar-refractivity contribution in [2.75, 3.05) is 4.72 Å². The lowest BCUT2D eigenvalue weighted by Crippen LogP contribution is -2.30. The molecule has 0 bridgehead atoms. The molecule has 1 amide bonds. The molecule has 1 saturated carbocycles. The minimum atomic E-state index is -3.74. The van der Waals surface area contributed by atoms with E-state index in [0.717, 1.165) is 31.2 Å². The molecule has 0 radical (unpaired) electrons. The van der Waals surface area contributed by atoms with Gasteiger partial charge in [-0.2, -0.15) is 0 Å². The monoisotopic (exact) mass is 404 g/mol. The van der Waals surface area contributed by atoms with Crippen molar-refractivity contribution in [3.05, 3.63) is 65.2 Å². The van der Waals surface area contributed by atoms with E-state index >= 15 is 0 Å². The fourth-order valence-electron chi connectivity index (χ4n) is 3.00. The number of para-hydroxylation sites is 1. The van der Waals surface area contributed by atoms with E-state index in [1.165, 1.54) is 18.2 Å². The summed E-state index contributed by atoms with van der Waals surface area (Å²) in [4.78, 5) is 12.0. The summed E-state index contributed by atoms with van der Waals surface area (Å²) in [6.45, 7) is 0. The standard InChI is InChI=1S/C20H21ClN2O3S/c21-18-7-3-4-8-19(18)23-27(25,26)17-12-9-15(10-13-17)11-14-20(24)22-16-5-1-2-6-16/h3-4,7-14,16,23H,1-2,5-6H2,(H,22,24)/b14-11+. The third kappa shape index (κ3) is 5.34. The molecule has 0 spiro atoms. The third-order valence-electron chi connectivity index (χ3n) is 4.44. The topological polar surface area (TPSA) is 75.3 Å². The Kier molecular flexibility index (Phi) is 6.19. The molecule has 0 aliphatic heterocycles. The van der Waals surface area contributed by atoms with Crippen LogP contribution in [0, 0.1) is 0 Å². The van der Waals surface area contributed by atoms with E-state index in [1.54, 1.807) is 42.5 Å². The number of hydrogen-bond acceptors (Lipinski definition) is 3. The van der Waals surface area contributed by atoms with Crippen LogP contribution >= 0.6 is 11.6 Å². The maximum absolute atomic E-state index is 12.5. The maximum atomic E-state index is 12.5. The number of amides is 1. The van der Waals surface area contributed by atoms with Crippen molar-refractivity contribution in [3.63, 3.8) is 0 Å². The minimum Gasteiger partial charge on any atom is -0.350 e. The Labute approximate surface area is 164 Å². The number of sulfonamides is 1. The largest absolute Gasteiger partial charge is 0.350 e. The van der Waals surface area contributed by atoms with Gasteiger partial charge in [-0.05, 0) is 48.7 Å². The smallest absolute Gasteiger partial charge is 0.261 e. The van der Waals surface area contributed by atoms with E-state index in [0.29, 0.717) is 10.7 Å². The molecule has 27 heavy (non-hydrogen) atoms. The van der Waals surface area contributed by atoms with E-state index in [-0.39, 0.29) is 16.8 Å². The molecular formula is C20H21ClN2O3S. The van der Waals surface area contributed by atoms with Gasteiger partial charge >= 0.3 is 0 Å². The zero-order chi connectivity index (χ0) is 19.3. The van der Waals surface area contributed by atoms with Gasteiger partial charge in [0.2, 0.25) is 5.91 Å². The van der Waals surface area contributed by atoms with Crippen LogP contribution in [0.4, 0.5) is 5.69 Å². The molecule has 2 aromatic carbocycles. The third-order valence-corrected chi connectivity index (χ3v) is 6.15. The lowest BCUT2D eigenvalue weighted by Gasteiger charge is -2.10. The number of rotatable bonds is 6.